The smallest absolute Gasteiger partial charge is 0.0180 e. The maximum Gasteiger partial charge on any atom is 0.0180 e. The molecule has 0 aliphatic carbocycles. The van der Waals surface area contributed by atoms with Gasteiger partial charge in [0.05, 0.1) is 0 Å². The van der Waals surface area contributed by atoms with Crippen LogP contribution in [0.2, 0.25) is 0 Å². The predicted octanol–water partition coefficient (Wildman–Crippen LogP) is 3.43. The molecule has 0 amide bonds. The van der Waals surface area contributed by atoms with Crippen molar-refractivity contribution in [1.29, 1.82) is 0 Å². The fraction of sp³-hybridized carbons (Fsp3) is 0.571. The summed E-state index contributed by atoms with van der Waals surface area (Å²) in [7, 11) is 0. The molecule has 0 aliphatic rings. The van der Waals surface area contributed by atoms with Gasteiger partial charge in [0.2, 0.25) is 0 Å². The zero-order valence-electron chi connectivity index (χ0n) is 10.4. The van der Waals surface area contributed by atoms with E-state index in [9.17, 15) is 0 Å². The topological polar surface area (TPSA) is 26.0 Å². The zero-order chi connectivity index (χ0) is 11.5. The highest BCUT2D eigenvalue weighted by Gasteiger charge is 2.11. The molecule has 1 rings (SSSR count). The van der Waals surface area contributed by atoms with Crippen molar-refractivity contribution in [2.45, 2.75) is 47.1 Å². The van der Waals surface area contributed by atoms with Gasteiger partial charge in [0.25, 0.3) is 0 Å². The monoisotopic (exact) mass is 205 g/mol. The molecule has 1 heteroatoms. The maximum absolute atomic E-state index is 5.74. The molecule has 0 aliphatic heterocycles. The highest BCUT2D eigenvalue weighted by atomic mass is 14.5. The Morgan fingerprint density at radius 3 is 2.33 bits per heavy atom. The summed E-state index contributed by atoms with van der Waals surface area (Å²) >= 11 is 0. The zero-order valence-corrected chi connectivity index (χ0v) is 10.4. The average molecular weight is 205 g/mol. The number of aryl methyl sites for hydroxylation is 2. The molecular formula is C14H23N. The van der Waals surface area contributed by atoms with E-state index < -0.39 is 0 Å². The Kier molecular flexibility index (Phi) is 3.92. The number of rotatable bonds is 3. The predicted molar refractivity (Wildman–Crippen MR) is 66.8 cm³/mol. The molecule has 15 heavy (non-hydrogen) atoms. The fourth-order valence-electron chi connectivity index (χ4n) is 1.70. The van der Waals surface area contributed by atoms with Crippen LogP contribution < -0.4 is 5.73 Å². The van der Waals surface area contributed by atoms with E-state index in [1.165, 1.54) is 23.1 Å². The Morgan fingerprint density at radius 2 is 1.80 bits per heavy atom. The third-order valence-electron chi connectivity index (χ3n) is 2.73. The van der Waals surface area contributed by atoms with Crippen LogP contribution in [0.5, 0.6) is 0 Å². The van der Waals surface area contributed by atoms with Gasteiger partial charge in [0.1, 0.15) is 0 Å². The molecule has 0 unspecified atom stereocenters. The molecule has 0 aromatic heterocycles. The molecule has 0 radical (unpaired) electrons. The summed E-state index contributed by atoms with van der Waals surface area (Å²) in [5, 5.41) is 0. The first-order valence-electron chi connectivity index (χ1n) is 5.71. The quantitative estimate of drug-likeness (QED) is 0.803. The molecule has 1 nitrogen and oxygen atoms in total. The second-order valence-electron chi connectivity index (χ2n) is 5.54. The molecule has 0 fully saturated rings. The van der Waals surface area contributed by atoms with Crippen LogP contribution in [0.25, 0.3) is 0 Å². The van der Waals surface area contributed by atoms with Crippen molar-refractivity contribution in [2.75, 3.05) is 0 Å². The molecule has 84 valence electrons. The largest absolute Gasteiger partial charge is 0.326 e. The summed E-state index contributed by atoms with van der Waals surface area (Å²) in [5.74, 6) is 0. The van der Waals surface area contributed by atoms with Crippen LogP contribution in [0.15, 0.2) is 18.2 Å². The second-order valence-corrected chi connectivity index (χ2v) is 5.54. The van der Waals surface area contributed by atoms with E-state index in [0.717, 1.165) is 6.42 Å². The average Bonchev–Trinajstić information content (AvgIpc) is 2.14. The third-order valence-corrected chi connectivity index (χ3v) is 2.73. The summed E-state index contributed by atoms with van der Waals surface area (Å²) in [6, 6.07) is 6.57. The minimum absolute atomic E-state index is 0.398. The van der Waals surface area contributed by atoms with Gasteiger partial charge in [-0.2, -0.15) is 0 Å². The van der Waals surface area contributed by atoms with E-state index in [1.54, 1.807) is 0 Å². The van der Waals surface area contributed by atoms with Crippen LogP contribution in [0.3, 0.4) is 0 Å². The number of hydrogen-bond acceptors (Lipinski definition) is 1. The van der Waals surface area contributed by atoms with Gasteiger partial charge < -0.3 is 5.73 Å². The number of hydrogen-bond donors (Lipinski definition) is 1. The number of benzene rings is 1. The van der Waals surface area contributed by atoms with Crippen molar-refractivity contribution in [1.82, 2.24) is 0 Å². The van der Waals surface area contributed by atoms with Crippen molar-refractivity contribution in [3.63, 3.8) is 0 Å². The van der Waals surface area contributed by atoms with Crippen molar-refractivity contribution in [3.05, 3.63) is 34.9 Å². The van der Waals surface area contributed by atoms with Crippen LogP contribution in [0.1, 0.15) is 43.9 Å². The highest BCUT2D eigenvalue weighted by molar-refractivity contribution is 5.31. The summed E-state index contributed by atoms with van der Waals surface area (Å²) < 4.78 is 0. The Labute approximate surface area is 93.7 Å². The van der Waals surface area contributed by atoms with E-state index >= 15 is 0 Å². The van der Waals surface area contributed by atoms with E-state index in [1.807, 2.05) is 0 Å². The van der Waals surface area contributed by atoms with E-state index in [4.69, 9.17) is 5.73 Å². The van der Waals surface area contributed by atoms with Crippen LogP contribution >= 0.6 is 0 Å². The first-order valence-corrected chi connectivity index (χ1v) is 5.71. The first-order chi connectivity index (χ1) is 6.92. The maximum atomic E-state index is 5.74. The van der Waals surface area contributed by atoms with Gasteiger partial charge in [0.15, 0.2) is 0 Å². The van der Waals surface area contributed by atoms with Crippen LogP contribution in [0.4, 0.5) is 0 Å². The van der Waals surface area contributed by atoms with Gasteiger partial charge in [-0.25, -0.2) is 0 Å². The molecule has 0 saturated carbocycles. The van der Waals surface area contributed by atoms with Gasteiger partial charge in [0, 0.05) is 6.54 Å². The van der Waals surface area contributed by atoms with Crippen molar-refractivity contribution < 1.29 is 0 Å². The molecule has 0 spiro atoms. The lowest BCUT2D eigenvalue weighted by Gasteiger charge is -2.19. The Hall–Kier alpha value is -0.820. The molecule has 1 aromatic rings. The van der Waals surface area contributed by atoms with Crippen LogP contribution in [-0.2, 0) is 13.0 Å². The molecule has 1 aromatic carbocycles. The lowest BCUT2D eigenvalue weighted by Crippen LogP contribution is -2.09. The number of nitrogens with two attached hydrogens (primary N) is 1. The molecule has 0 bridgehead atoms. The van der Waals surface area contributed by atoms with Crippen molar-refractivity contribution >= 4 is 0 Å². The van der Waals surface area contributed by atoms with E-state index in [-0.39, 0.29) is 0 Å². The van der Waals surface area contributed by atoms with Crippen molar-refractivity contribution in [3.8, 4) is 0 Å². The minimum atomic E-state index is 0.398. The van der Waals surface area contributed by atoms with Gasteiger partial charge >= 0.3 is 0 Å². The van der Waals surface area contributed by atoms with Gasteiger partial charge in [-0.15, -0.1) is 0 Å². The van der Waals surface area contributed by atoms with Crippen LogP contribution in [-0.4, -0.2) is 0 Å². The molecular weight excluding hydrogens is 182 g/mol. The molecule has 0 heterocycles. The second kappa shape index (κ2) is 4.80. The van der Waals surface area contributed by atoms with Gasteiger partial charge in [-0.1, -0.05) is 44.5 Å². The Morgan fingerprint density at radius 1 is 1.13 bits per heavy atom. The molecule has 2 N–H and O–H groups in total. The van der Waals surface area contributed by atoms with Gasteiger partial charge in [-0.05, 0) is 36.3 Å². The molecule has 0 atom stereocenters. The van der Waals surface area contributed by atoms with Crippen molar-refractivity contribution in [2.24, 2.45) is 11.1 Å². The summed E-state index contributed by atoms with van der Waals surface area (Å²) in [5.41, 5.74) is 10.2. The minimum Gasteiger partial charge on any atom is -0.326 e. The highest BCUT2D eigenvalue weighted by Crippen LogP contribution is 2.23. The Balaban J connectivity index is 2.79. The van der Waals surface area contributed by atoms with E-state index in [0.29, 0.717) is 12.0 Å². The standard InChI is InChI=1S/C14H23N/c1-11-5-6-13(10-15)12(9-11)7-8-14(2,3)4/h5-6,9H,7-8,10,15H2,1-4H3. The third kappa shape index (κ3) is 4.05. The first kappa shape index (κ1) is 12.3. The van der Waals surface area contributed by atoms with E-state index in [2.05, 4.69) is 45.9 Å². The SMILES string of the molecule is Cc1ccc(CN)c(CCC(C)(C)C)c1. The van der Waals surface area contributed by atoms with Gasteiger partial charge in [-0.3, -0.25) is 0 Å². The molecule has 0 saturated heterocycles. The lowest BCUT2D eigenvalue weighted by atomic mass is 9.87. The fourth-order valence-corrected chi connectivity index (χ4v) is 1.70. The summed E-state index contributed by atoms with van der Waals surface area (Å²) in [6.45, 7) is 9.64. The van der Waals surface area contributed by atoms with Crippen LogP contribution in [0, 0.1) is 12.3 Å². The lowest BCUT2D eigenvalue weighted by molar-refractivity contribution is 0.378. The summed E-state index contributed by atoms with van der Waals surface area (Å²) in [4.78, 5) is 0. The Bertz CT molecular complexity index is 321. The summed E-state index contributed by atoms with van der Waals surface area (Å²) in [6.07, 6.45) is 2.35. The normalized spacial score (nSPS) is 11.8.